The van der Waals surface area contributed by atoms with Crippen LogP contribution < -0.4 is 4.90 Å². The minimum Gasteiger partial charge on any atom is -0.456 e. The van der Waals surface area contributed by atoms with Crippen LogP contribution in [0.1, 0.15) is 22.3 Å². The first-order chi connectivity index (χ1) is 37.2. The first-order valence-electron chi connectivity index (χ1n) is 25.8. The SMILES string of the molecule is c1ccc(-c2cccc(N(c3cccc(C4(c5ccccc5)c5ccccc5-c5c(-c6ccccc6-c6ccccc6)cccc54)c3)c3cccc4oc5ccc(-c6ccccc6-c6ccccc6)cc5c34)c2)cc1. The lowest BCUT2D eigenvalue weighted by Gasteiger charge is -2.35. The van der Waals surface area contributed by atoms with Gasteiger partial charge in [0.1, 0.15) is 11.2 Å². The summed E-state index contributed by atoms with van der Waals surface area (Å²) in [4.78, 5) is 2.45. The maximum absolute atomic E-state index is 6.83. The van der Waals surface area contributed by atoms with Gasteiger partial charge in [0, 0.05) is 16.8 Å². The van der Waals surface area contributed by atoms with Gasteiger partial charge in [-0.25, -0.2) is 0 Å². The van der Waals surface area contributed by atoms with Crippen LogP contribution in [0.5, 0.6) is 0 Å². The lowest BCUT2D eigenvalue weighted by atomic mass is 9.67. The number of anilines is 3. The average molecular weight is 956 g/mol. The van der Waals surface area contributed by atoms with Gasteiger partial charge in [0.05, 0.1) is 16.5 Å². The van der Waals surface area contributed by atoms with Gasteiger partial charge in [-0.05, 0) is 138 Å². The molecule has 0 aliphatic heterocycles. The van der Waals surface area contributed by atoms with Crippen molar-refractivity contribution in [3.05, 3.63) is 320 Å². The fourth-order valence-electron chi connectivity index (χ4n) is 12.1. The highest BCUT2D eigenvalue weighted by molar-refractivity contribution is 6.14. The third kappa shape index (κ3) is 7.33. The Morgan fingerprint density at radius 2 is 0.773 bits per heavy atom. The summed E-state index contributed by atoms with van der Waals surface area (Å²) in [6, 6.07) is 108. The molecule has 12 aromatic carbocycles. The number of hydrogen-bond acceptors (Lipinski definition) is 2. The van der Waals surface area contributed by atoms with Gasteiger partial charge in [0.15, 0.2) is 0 Å². The Hall–Kier alpha value is -9.76. The molecule has 1 unspecified atom stereocenters. The smallest absolute Gasteiger partial charge is 0.137 e. The summed E-state index contributed by atoms with van der Waals surface area (Å²) in [5.41, 5.74) is 23.4. The molecule has 352 valence electrons. The van der Waals surface area contributed by atoms with Crippen LogP contribution in [-0.4, -0.2) is 0 Å². The van der Waals surface area contributed by atoms with Gasteiger partial charge in [-0.15, -0.1) is 0 Å². The largest absolute Gasteiger partial charge is 0.456 e. The Kier molecular flexibility index (Phi) is 10.8. The molecule has 1 aromatic heterocycles. The molecule has 14 rings (SSSR count). The van der Waals surface area contributed by atoms with Crippen molar-refractivity contribution in [2.75, 3.05) is 4.90 Å². The zero-order valence-corrected chi connectivity index (χ0v) is 41.1. The summed E-state index contributed by atoms with van der Waals surface area (Å²) in [6.45, 7) is 0. The number of fused-ring (bicyclic) bond motifs is 6. The lowest BCUT2D eigenvalue weighted by molar-refractivity contribution is 0.669. The first kappa shape index (κ1) is 44.0. The minimum absolute atomic E-state index is 0.673. The monoisotopic (exact) mass is 955 g/mol. The summed E-state index contributed by atoms with van der Waals surface area (Å²) in [7, 11) is 0. The van der Waals surface area contributed by atoms with Crippen molar-refractivity contribution >= 4 is 39.0 Å². The zero-order chi connectivity index (χ0) is 49.7. The molecule has 0 saturated heterocycles. The fraction of sp³-hybridized carbons (Fsp3) is 0.0137. The van der Waals surface area contributed by atoms with Crippen molar-refractivity contribution in [2.45, 2.75) is 5.41 Å². The van der Waals surface area contributed by atoms with Crippen LogP contribution in [0.3, 0.4) is 0 Å². The van der Waals surface area contributed by atoms with Gasteiger partial charge in [-0.1, -0.05) is 249 Å². The van der Waals surface area contributed by atoms with Crippen LogP contribution in [-0.2, 0) is 5.41 Å². The van der Waals surface area contributed by atoms with Crippen molar-refractivity contribution in [3.8, 4) is 66.8 Å². The molecule has 0 spiro atoms. The van der Waals surface area contributed by atoms with E-state index < -0.39 is 5.41 Å². The molecule has 1 heterocycles. The number of hydrogen-bond donors (Lipinski definition) is 0. The fourth-order valence-corrected chi connectivity index (χ4v) is 12.1. The molecule has 2 nitrogen and oxygen atoms in total. The Morgan fingerprint density at radius 3 is 1.48 bits per heavy atom. The van der Waals surface area contributed by atoms with Crippen LogP contribution in [0.15, 0.2) is 302 Å². The molecule has 0 radical (unpaired) electrons. The zero-order valence-electron chi connectivity index (χ0n) is 41.1. The molecule has 0 amide bonds. The highest BCUT2D eigenvalue weighted by Crippen LogP contribution is 2.59. The van der Waals surface area contributed by atoms with E-state index in [0.29, 0.717) is 0 Å². The molecular formula is C73H49NO. The van der Waals surface area contributed by atoms with Crippen molar-refractivity contribution in [2.24, 2.45) is 0 Å². The molecule has 2 heteroatoms. The van der Waals surface area contributed by atoms with Crippen LogP contribution in [0.25, 0.3) is 88.7 Å². The molecular weight excluding hydrogens is 907 g/mol. The molecule has 1 aliphatic rings. The van der Waals surface area contributed by atoms with Gasteiger partial charge in [-0.3, -0.25) is 0 Å². The van der Waals surface area contributed by atoms with Crippen LogP contribution >= 0.6 is 0 Å². The van der Waals surface area contributed by atoms with Gasteiger partial charge >= 0.3 is 0 Å². The number of furan rings is 1. The van der Waals surface area contributed by atoms with E-state index in [0.717, 1.165) is 55.7 Å². The quantitative estimate of drug-likeness (QED) is 0.136. The number of nitrogens with zero attached hydrogens (tertiary/aromatic N) is 1. The van der Waals surface area contributed by atoms with E-state index in [9.17, 15) is 0 Å². The summed E-state index contributed by atoms with van der Waals surface area (Å²) < 4.78 is 6.83. The van der Waals surface area contributed by atoms with E-state index in [-0.39, 0.29) is 0 Å². The predicted molar refractivity (Wildman–Crippen MR) is 313 cm³/mol. The maximum atomic E-state index is 6.83. The summed E-state index contributed by atoms with van der Waals surface area (Å²) in [5, 5.41) is 2.11. The third-order valence-corrected chi connectivity index (χ3v) is 15.4. The Labute approximate surface area is 437 Å². The molecule has 75 heavy (non-hydrogen) atoms. The predicted octanol–water partition coefficient (Wildman–Crippen LogP) is 19.8. The first-order valence-corrected chi connectivity index (χ1v) is 25.8. The van der Waals surface area contributed by atoms with Gasteiger partial charge in [-0.2, -0.15) is 0 Å². The standard InChI is InChI=1S/C73H49NO/c1-5-23-50(24-6-1)53-29-19-33-57(47-53)74(68-43-22-44-70-72(68)65-48-54(45-46-69(65)75-70)61-37-14-13-35-59(61)51-25-7-2-8-26-51)58-34-20-32-56(49-58)73(55-30-11-4-12-31-55)66-41-18-17-39-64(66)71-63(40-21-42-67(71)73)62-38-16-15-36-60(62)52-27-9-3-10-28-52/h1-49H. The highest BCUT2D eigenvalue weighted by atomic mass is 16.3. The molecule has 1 atom stereocenters. The Bertz CT molecular complexity index is 4230. The number of rotatable bonds is 10. The second kappa shape index (κ2) is 18.4. The summed E-state index contributed by atoms with van der Waals surface area (Å²) in [5.74, 6) is 0. The summed E-state index contributed by atoms with van der Waals surface area (Å²) >= 11 is 0. The molecule has 0 N–H and O–H groups in total. The van der Waals surface area contributed by atoms with E-state index in [2.05, 4.69) is 302 Å². The topological polar surface area (TPSA) is 16.4 Å². The average Bonchev–Trinajstić information content (AvgIpc) is 4.12. The van der Waals surface area contributed by atoms with Crippen molar-refractivity contribution in [3.63, 3.8) is 0 Å². The molecule has 0 fully saturated rings. The van der Waals surface area contributed by atoms with Gasteiger partial charge < -0.3 is 9.32 Å². The molecule has 0 bridgehead atoms. The van der Waals surface area contributed by atoms with Crippen LogP contribution in [0, 0.1) is 0 Å². The van der Waals surface area contributed by atoms with E-state index in [1.54, 1.807) is 0 Å². The lowest BCUT2D eigenvalue weighted by Crippen LogP contribution is -2.29. The van der Waals surface area contributed by atoms with Gasteiger partial charge in [0.25, 0.3) is 0 Å². The van der Waals surface area contributed by atoms with Gasteiger partial charge in [0.2, 0.25) is 0 Å². The van der Waals surface area contributed by atoms with Crippen molar-refractivity contribution < 1.29 is 4.42 Å². The second-order valence-electron chi connectivity index (χ2n) is 19.5. The van der Waals surface area contributed by atoms with Crippen LogP contribution in [0.2, 0.25) is 0 Å². The van der Waals surface area contributed by atoms with E-state index in [4.69, 9.17) is 4.42 Å². The molecule has 13 aromatic rings. The normalized spacial score (nSPS) is 13.7. The summed E-state index contributed by atoms with van der Waals surface area (Å²) in [6.07, 6.45) is 0. The molecule has 0 saturated carbocycles. The number of benzene rings is 12. The van der Waals surface area contributed by atoms with Crippen molar-refractivity contribution in [1.29, 1.82) is 0 Å². The van der Waals surface area contributed by atoms with E-state index in [1.165, 1.54) is 72.3 Å². The van der Waals surface area contributed by atoms with Crippen LogP contribution in [0.4, 0.5) is 17.1 Å². The minimum atomic E-state index is -0.673. The third-order valence-electron chi connectivity index (χ3n) is 15.4. The van der Waals surface area contributed by atoms with E-state index in [1.807, 2.05) is 0 Å². The maximum Gasteiger partial charge on any atom is 0.137 e. The Balaban J connectivity index is 1.02. The van der Waals surface area contributed by atoms with E-state index >= 15 is 0 Å². The Morgan fingerprint density at radius 1 is 0.280 bits per heavy atom. The highest BCUT2D eigenvalue weighted by Gasteiger charge is 2.47. The second-order valence-corrected chi connectivity index (χ2v) is 19.5. The van der Waals surface area contributed by atoms with Crippen molar-refractivity contribution in [1.82, 2.24) is 0 Å². The molecule has 1 aliphatic carbocycles.